The summed E-state index contributed by atoms with van der Waals surface area (Å²) in [6.07, 6.45) is 13.8. The molecule has 1 aliphatic rings. The third-order valence-electron chi connectivity index (χ3n) is 4.10. The Morgan fingerprint density at radius 3 is 2.45 bits per heavy atom. The van der Waals surface area contributed by atoms with Crippen LogP contribution in [0.2, 0.25) is 0 Å². The van der Waals surface area contributed by atoms with Gasteiger partial charge in [0.05, 0.1) is 0 Å². The fourth-order valence-corrected chi connectivity index (χ4v) is 2.75. The van der Waals surface area contributed by atoms with E-state index in [0.29, 0.717) is 13.0 Å². The molecule has 2 heteroatoms. The first-order valence-corrected chi connectivity index (χ1v) is 8.13. The van der Waals surface area contributed by atoms with Crippen molar-refractivity contribution in [1.29, 1.82) is 0 Å². The van der Waals surface area contributed by atoms with Gasteiger partial charge in [0.15, 0.2) is 0 Å². The molecule has 0 aliphatic heterocycles. The summed E-state index contributed by atoms with van der Waals surface area (Å²) in [5, 5.41) is 3.01. The number of nitrogens with one attached hydrogen (secondary N) is 1. The van der Waals surface area contributed by atoms with Gasteiger partial charge in [0.2, 0.25) is 5.91 Å². The second-order valence-corrected chi connectivity index (χ2v) is 6.36. The van der Waals surface area contributed by atoms with Gasteiger partial charge in [-0.2, -0.15) is 0 Å². The van der Waals surface area contributed by atoms with Gasteiger partial charge in [-0.25, -0.2) is 0 Å². The average molecular weight is 277 g/mol. The van der Waals surface area contributed by atoms with Crippen LogP contribution in [0.3, 0.4) is 0 Å². The van der Waals surface area contributed by atoms with Gasteiger partial charge in [0, 0.05) is 13.0 Å². The molecule has 20 heavy (non-hydrogen) atoms. The molecule has 0 saturated heterocycles. The molecular formula is C18H31NO. The van der Waals surface area contributed by atoms with Crippen molar-refractivity contribution in [2.75, 3.05) is 6.54 Å². The number of carbonyl (C=O) groups excluding carboxylic acids is 1. The Kier molecular flexibility index (Phi) is 8.32. The summed E-state index contributed by atoms with van der Waals surface area (Å²) in [6, 6.07) is 0. The van der Waals surface area contributed by atoms with Gasteiger partial charge in [-0.3, -0.25) is 4.79 Å². The van der Waals surface area contributed by atoms with Gasteiger partial charge in [0.1, 0.15) is 0 Å². The van der Waals surface area contributed by atoms with Gasteiger partial charge < -0.3 is 5.32 Å². The quantitative estimate of drug-likeness (QED) is 0.636. The molecule has 0 heterocycles. The zero-order valence-corrected chi connectivity index (χ0v) is 13.5. The second-order valence-electron chi connectivity index (χ2n) is 6.36. The fraction of sp³-hybridized carbons (Fsp3) is 0.722. The largest absolute Gasteiger partial charge is 0.353 e. The van der Waals surface area contributed by atoms with Crippen LogP contribution in [-0.2, 0) is 4.79 Å². The van der Waals surface area contributed by atoms with Crippen LogP contribution in [0.5, 0.6) is 0 Å². The number of rotatable bonds is 8. The van der Waals surface area contributed by atoms with Crippen molar-refractivity contribution in [3.8, 4) is 0 Å². The van der Waals surface area contributed by atoms with E-state index in [1.165, 1.54) is 36.8 Å². The van der Waals surface area contributed by atoms with Crippen LogP contribution in [0.25, 0.3) is 0 Å². The van der Waals surface area contributed by atoms with Crippen LogP contribution < -0.4 is 5.32 Å². The van der Waals surface area contributed by atoms with Crippen LogP contribution in [-0.4, -0.2) is 12.5 Å². The van der Waals surface area contributed by atoms with Gasteiger partial charge >= 0.3 is 0 Å². The Hall–Kier alpha value is -1.05. The Labute approximate surface area is 124 Å². The highest BCUT2D eigenvalue weighted by Crippen LogP contribution is 2.28. The van der Waals surface area contributed by atoms with Gasteiger partial charge in [0.25, 0.3) is 0 Å². The Balaban J connectivity index is 2.08. The van der Waals surface area contributed by atoms with E-state index in [4.69, 9.17) is 0 Å². The molecule has 1 N–H and O–H groups in total. The summed E-state index contributed by atoms with van der Waals surface area (Å²) in [6.45, 7) is 7.08. The lowest BCUT2D eigenvalue weighted by Crippen LogP contribution is -2.23. The Morgan fingerprint density at radius 2 is 1.80 bits per heavy atom. The molecule has 0 bridgehead atoms. The molecule has 0 aromatic heterocycles. The van der Waals surface area contributed by atoms with E-state index in [1.54, 1.807) is 0 Å². The van der Waals surface area contributed by atoms with Gasteiger partial charge in [-0.1, -0.05) is 49.0 Å². The molecule has 0 atom stereocenters. The topological polar surface area (TPSA) is 29.1 Å². The summed E-state index contributed by atoms with van der Waals surface area (Å²) in [5.41, 5.74) is 2.73. The van der Waals surface area contributed by atoms with Crippen molar-refractivity contribution < 1.29 is 4.79 Å². The van der Waals surface area contributed by atoms with Crippen molar-refractivity contribution in [1.82, 2.24) is 5.32 Å². The summed E-state index contributed by atoms with van der Waals surface area (Å²) < 4.78 is 0. The van der Waals surface area contributed by atoms with Crippen LogP contribution in [0.4, 0.5) is 0 Å². The highest BCUT2D eigenvalue weighted by molar-refractivity contribution is 5.75. The minimum atomic E-state index is 0.213. The third-order valence-corrected chi connectivity index (χ3v) is 4.10. The predicted octanol–water partition coefficient (Wildman–Crippen LogP) is 4.77. The van der Waals surface area contributed by atoms with Crippen LogP contribution in [0, 0.1) is 5.92 Å². The molecule has 1 aliphatic carbocycles. The molecule has 0 unspecified atom stereocenters. The highest BCUT2D eigenvalue weighted by Gasteiger charge is 2.15. The summed E-state index contributed by atoms with van der Waals surface area (Å²) in [5.74, 6) is 1.02. The maximum atomic E-state index is 11.7. The number of carbonyl (C=O) groups is 1. The van der Waals surface area contributed by atoms with Crippen LogP contribution >= 0.6 is 0 Å². The Morgan fingerprint density at radius 1 is 1.10 bits per heavy atom. The average Bonchev–Trinajstić information content (AvgIpc) is 2.89. The summed E-state index contributed by atoms with van der Waals surface area (Å²) in [4.78, 5) is 11.7. The molecule has 1 rings (SSSR count). The second kappa shape index (κ2) is 9.79. The predicted molar refractivity (Wildman–Crippen MR) is 86.6 cm³/mol. The first kappa shape index (κ1) is 17.0. The lowest BCUT2D eigenvalue weighted by atomic mass is 10.0. The normalized spacial score (nSPS) is 16.2. The molecule has 1 fully saturated rings. The van der Waals surface area contributed by atoms with Crippen molar-refractivity contribution in [2.24, 2.45) is 5.92 Å². The molecule has 0 radical (unpaired) electrons. The van der Waals surface area contributed by atoms with Gasteiger partial charge in [-0.15, -0.1) is 0 Å². The lowest BCUT2D eigenvalue weighted by Gasteiger charge is -2.08. The zero-order chi connectivity index (χ0) is 14.8. The van der Waals surface area contributed by atoms with E-state index in [-0.39, 0.29) is 5.91 Å². The Bertz CT molecular complexity index is 344. The maximum Gasteiger partial charge on any atom is 0.220 e. The minimum Gasteiger partial charge on any atom is -0.353 e. The summed E-state index contributed by atoms with van der Waals surface area (Å²) >= 11 is 0. The van der Waals surface area contributed by atoms with E-state index in [2.05, 4.69) is 38.2 Å². The van der Waals surface area contributed by atoms with Crippen molar-refractivity contribution in [2.45, 2.75) is 72.1 Å². The smallest absolute Gasteiger partial charge is 0.220 e. The fourth-order valence-electron chi connectivity index (χ4n) is 2.75. The molecule has 0 aromatic rings. The van der Waals surface area contributed by atoms with Crippen molar-refractivity contribution in [3.63, 3.8) is 0 Å². The molecule has 2 nitrogen and oxygen atoms in total. The van der Waals surface area contributed by atoms with Crippen molar-refractivity contribution >= 4 is 5.91 Å². The molecule has 0 spiro atoms. The first-order valence-electron chi connectivity index (χ1n) is 8.13. The number of amides is 1. The highest BCUT2D eigenvalue weighted by atomic mass is 16.1. The minimum absolute atomic E-state index is 0.213. The summed E-state index contributed by atoms with van der Waals surface area (Å²) in [7, 11) is 0. The van der Waals surface area contributed by atoms with Crippen LogP contribution in [0.1, 0.15) is 72.1 Å². The van der Waals surface area contributed by atoms with E-state index in [0.717, 1.165) is 25.2 Å². The zero-order valence-electron chi connectivity index (χ0n) is 13.5. The van der Waals surface area contributed by atoms with E-state index < -0.39 is 0 Å². The van der Waals surface area contributed by atoms with Gasteiger partial charge in [-0.05, 0) is 46.0 Å². The molecular weight excluding hydrogens is 246 g/mol. The first-order chi connectivity index (χ1) is 9.58. The molecule has 1 saturated carbocycles. The SMILES string of the molecule is CC(C)=CCC/C(C)=C/CNC(=O)CCC1CCCC1. The van der Waals surface area contributed by atoms with Crippen LogP contribution in [0.15, 0.2) is 23.3 Å². The van der Waals surface area contributed by atoms with E-state index in [1.807, 2.05) is 0 Å². The standard InChI is InChI=1S/C18H31NO/c1-15(2)7-6-8-16(3)13-14-19-18(20)12-11-17-9-4-5-10-17/h7,13,17H,4-6,8-12,14H2,1-3H3,(H,19,20)/b16-13+. The third kappa shape index (κ3) is 8.19. The number of hydrogen-bond acceptors (Lipinski definition) is 1. The molecule has 0 aromatic carbocycles. The van der Waals surface area contributed by atoms with E-state index >= 15 is 0 Å². The monoisotopic (exact) mass is 277 g/mol. The maximum absolute atomic E-state index is 11.7. The molecule has 1 amide bonds. The number of allylic oxidation sites excluding steroid dienone is 3. The van der Waals surface area contributed by atoms with Crippen molar-refractivity contribution in [3.05, 3.63) is 23.3 Å². The lowest BCUT2D eigenvalue weighted by molar-refractivity contribution is -0.121. The molecule has 114 valence electrons. The number of hydrogen-bond donors (Lipinski definition) is 1. The van der Waals surface area contributed by atoms with E-state index in [9.17, 15) is 4.79 Å².